The summed E-state index contributed by atoms with van der Waals surface area (Å²) in [5.74, 6) is -3.31. The number of nitrogens with zero attached hydrogens (tertiary/aromatic N) is 5. The molecular formula is C36H40ClF3N8O6. The summed E-state index contributed by atoms with van der Waals surface area (Å²) in [5, 5.41) is 24.5. The lowest BCUT2D eigenvalue weighted by Gasteiger charge is -2.32. The van der Waals surface area contributed by atoms with Crippen molar-refractivity contribution in [2.24, 2.45) is 17.6 Å². The molecule has 0 bridgehead atoms. The number of halogens is 4. The number of hydrogen-bond donors (Lipinski definition) is 4. The maximum atomic E-state index is 14.1. The number of nitrogens with one attached hydrogen (secondary N) is 2. The molecule has 0 spiro atoms. The fourth-order valence-corrected chi connectivity index (χ4v) is 5.91. The summed E-state index contributed by atoms with van der Waals surface area (Å²) >= 11 is 6.31. The molecule has 1 fully saturated rings. The van der Waals surface area contributed by atoms with Gasteiger partial charge in [0.05, 0.1) is 16.8 Å². The molecule has 0 radical (unpaired) electrons. The molecule has 0 saturated heterocycles. The third-order valence-corrected chi connectivity index (χ3v) is 8.65. The van der Waals surface area contributed by atoms with Gasteiger partial charge in [0.1, 0.15) is 5.60 Å². The van der Waals surface area contributed by atoms with Crippen LogP contribution in [0, 0.1) is 11.8 Å². The molecule has 288 valence electrons. The molecule has 0 aliphatic heterocycles. The second kappa shape index (κ2) is 18.1. The van der Waals surface area contributed by atoms with E-state index in [2.05, 4.69) is 30.9 Å². The van der Waals surface area contributed by atoms with Crippen LogP contribution in [-0.4, -0.2) is 79.0 Å². The van der Waals surface area contributed by atoms with E-state index in [9.17, 15) is 27.6 Å². The van der Waals surface area contributed by atoms with E-state index in [0.29, 0.717) is 41.5 Å². The number of hydrogen-bond acceptors (Lipinski definition) is 10. The molecule has 1 atom stereocenters. The average Bonchev–Trinajstić information content (AvgIpc) is 3.66. The molecule has 5 N–H and O–H groups in total. The lowest BCUT2D eigenvalue weighted by atomic mass is 9.81. The number of pyridine rings is 1. The minimum absolute atomic E-state index is 0.206. The summed E-state index contributed by atoms with van der Waals surface area (Å²) in [5.41, 5.74) is 9.64. The van der Waals surface area contributed by atoms with Crippen LogP contribution in [0.4, 0.5) is 23.7 Å². The van der Waals surface area contributed by atoms with Crippen LogP contribution in [0.15, 0.2) is 67.0 Å². The number of alkyl carbamates (subject to hydrolysis) is 1. The second-order valence-corrected chi connectivity index (χ2v) is 14.0. The number of aromatic amines is 1. The van der Waals surface area contributed by atoms with Gasteiger partial charge in [-0.15, -0.1) is 10.2 Å². The fourth-order valence-electron chi connectivity index (χ4n) is 5.68. The van der Waals surface area contributed by atoms with Gasteiger partial charge in [0.2, 0.25) is 11.7 Å². The number of anilines is 1. The number of carboxylic acids is 1. The number of carboxylic acid groups (broad SMARTS) is 1. The molecule has 2 aromatic heterocycles. The first-order valence-corrected chi connectivity index (χ1v) is 17.2. The molecular weight excluding hydrogens is 733 g/mol. The lowest BCUT2D eigenvalue weighted by Crippen LogP contribution is -2.50. The van der Waals surface area contributed by atoms with E-state index in [4.69, 9.17) is 32.0 Å². The van der Waals surface area contributed by atoms with Crippen LogP contribution in [0.2, 0.25) is 5.02 Å². The summed E-state index contributed by atoms with van der Waals surface area (Å²) in [6.07, 6.45) is 0.579. The summed E-state index contributed by atoms with van der Waals surface area (Å²) < 4.78 is 37.1. The number of aliphatic carboxylic acids is 1. The zero-order valence-electron chi connectivity index (χ0n) is 29.6. The van der Waals surface area contributed by atoms with Crippen LogP contribution in [0.1, 0.15) is 52.0 Å². The van der Waals surface area contributed by atoms with Gasteiger partial charge in [-0.05, 0) is 105 Å². The van der Waals surface area contributed by atoms with E-state index in [1.165, 1.54) is 4.90 Å². The Labute approximate surface area is 313 Å². The number of amides is 3. The molecule has 1 saturated carbocycles. The van der Waals surface area contributed by atoms with Gasteiger partial charge >= 0.3 is 18.2 Å². The molecule has 1 aliphatic carbocycles. The summed E-state index contributed by atoms with van der Waals surface area (Å²) in [6, 6.07) is 15.4. The molecule has 3 amide bonds. The monoisotopic (exact) mass is 772 g/mol. The molecule has 14 nitrogen and oxygen atoms in total. The fraction of sp³-hybridized carbons (Fsp3) is 0.389. The highest BCUT2D eigenvalue weighted by Crippen LogP contribution is 2.33. The number of H-pyrrole nitrogens is 1. The Balaban J connectivity index is 0.000000845. The zero-order valence-corrected chi connectivity index (χ0v) is 30.4. The van der Waals surface area contributed by atoms with E-state index in [1.54, 1.807) is 36.7 Å². The van der Waals surface area contributed by atoms with Crippen molar-refractivity contribution < 1.29 is 42.2 Å². The zero-order chi connectivity index (χ0) is 39.6. The molecule has 1 aliphatic rings. The lowest BCUT2D eigenvalue weighted by molar-refractivity contribution is -0.192. The van der Waals surface area contributed by atoms with Gasteiger partial charge in [0.25, 0.3) is 5.91 Å². The van der Waals surface area contributed by atoms with E-state index in [-0.39, 0.29) is 24.2 Å². The van der Waals surface area contributed by atoms with Crippen LogP contribution >= 0.6 is 11.6 Å². The van der Waals surface area contributed by atoms with Gasteiger partial charge in [-0.1, -0.05) is 35.9 Å². The van der Waals surface area contributed by atoms with Gasteiger partial charge in [0.15, 0.2) is 0 Å². The van der Waals surface area contributed by atoms with Gasteiger partial charge in [0, 0.05) is 36.0 Å². The Morgan fingerprint density at radius 1 is 1.00 bits per heavy atom. The van der Waals surface area contributed by atoms with Crippen molar-refractivity contribution in [2.45, 2.75) is 70.7 Å². The minimum Gasteiger partial charge on any atom is -0.475 e. The molecule has 4 aromatic rings. The van der Waals surface area contributed by atoms with Crippen molar-refractivity contribution in [1.82, 2.24) is 30.9 Å². The standard InChI is InChI=1S/C34H39ClN8O4.C2HF3O2/c1-34(2,3)47-33(46)38-19-22-6-10-25(11-7-22)31(44)43(26-14-12-24(13-15-26)30-39-41-42-40-30)32(45)29(36)18-21-4-8-23(9-5-21)27-16-17-37-20-28(27)35;3-2(4,5)1(6)7/h4-5,8-9,12-17,20,22,25,29H,6-7,10-11,18-19,36H2,1-3H3,(H,38,46)(H,39,40,41,42);(H,6,7)/t22-,25-,29-;/m0./s1. The predicted octanol–water partition coefficient (Wildman–Crippen LogP) is 5.98. The Kier molecular flexibility index (Phi) is 13.8. The maximum Gasteiger partial charge on any atom is 0.490 e. The highest BCUT2D eigenvalue weighted by molar-refractivity contribution is 6.33. The van der Waals surface area contributed by atoms with Gasteiger partial charge in [-0.2, -0.15) is 18.4 Å². The summed E-state index contributed by atoms with van der Waals surface area (Å²) in [7, 11) is 0. The number of rotatable bonds is 9. The number of benzene rings is 2. The van der Waals surface area contributed by atoms with E-state index < -0.39 is 35.8 Å². The van der Waals surface area contributed by atoms with Crippen molar-refractivity contribution in [3.8, 4) is 22.5 Å². The van der Waals surface area contributed by atoms with Crippen molar-refractivity contribution in [2.75, 3.05) is 11.4 Å². The number of nitrogens with two attached hydrogens (primary N) is 1. The van der Waals surface area contributed by atoms with Gasteiger partial charge in [-0.25, -0.2) is 14.5 Å². The summed E-state index contributed by atoms with van der Waals surface area (Å²) in [6.45, 7) is 5.92. The third kappa shape index (κ3) is 11.8. The Morgan fingerprint density at radius 3 is 2.15 bits per heavy atom. The first-order valence-electron chi connectivity index (χ1n) is 16.9. The van der Waals surface area contributed by atoms with E-state index in [0.717, 1.165) is 29.5 Å². The average molecular weight is 773 g/mol. The van der Waals surface area contributed by atoms with Crippen molar-refractivity contribution >= 4 is 41.2 Å². The molecule has 5 rings (SSSR count). The largest absolute Gasteiger partial charge is 0.490 e. The Morgan fingerprint density at radius 2 is 1.61 bits per heavy atom. The number of ether oxygens (including phenoxy) is 1. The molecule has 18 heteroatoms. The van der Waals surface area contributed by atoms with Gasteiger partial charge < -0.3 is 20.9 Å². The topological polar surface area (TPSA) is 206 Å². The van der Waals surface area contributed by atoms with Crippen LogP contribution in [-0.2, 0) is 25.5 Å². The van der Waals surface area contributed by atoms with Crippen molar-refractivity contribution in [1.29, 1.82) is 0 Å². The highest BCUT2D eigenvalue weighted by Gasteiger charge is 2.38. The van der Waals surface area contributed by atoms with Crippen LogP contribution in [0.5, 0.6) is 0 Å². The van der Waals surface area contributed by atoms with Crippen LogP contribution in [0.25, 0.3) is 22.5 Å². The number of aromatic nitrogens is 5. The Bertz CT molecular complexity index is 1880. The first-order chi connectivity index (χ1) is 25.4. The second-order valence-electron chi connectivity index (χ2n) is 13.6. The quantitative estimate of drug-likeness (QED) is 0.156. The number of carbonyl (C=O) groups is 4. The molecule has 2 heterocycles. The first kappa shape index (κ1) is 41.3. The van der Waals surface area contributed by atoms with Gasteiger partial charge in [-0.3, -0.25) is 14.6 Å². The predicted molar refractivity (Wildman–Crippen MR) is 192 cm³/mol. The van der Waals surface area contributed by atoms with E-state index in [1.807, 2.05) is 51.1 Å². The summed E-state index contributed by atoms with van der Waals surface area (Å²) in [4.78, 5) is 54.3. The minimum atomic E-state index is -5.08. The highest BCUT2D eigenvalue weighted by atomic mass is 35.5. The number of alkyl halides is 3. The maximum absolute atomic E-state index is 14.1. The number of imide groups is 1. The third-order valence-electron chi connectivity index (χ3n) is 8.35. The van der Waals surface area contributed by atoms with Crippen LogP contribution < -0.4 is 16.0 Å². The molecule has 0 unspecified atom stereocenters. The van der Waals surface area contributed by atoms with Crippen LogP contribution in [0.3, 0.4) is 0 Å². The normalized spacial score (nSPS) is 16.3. The SMILES string of the molecule is CC(C)(C)OC(=O)NC[C@H]1CC[C@H](C(=O)N(C(=O)[C@@H](N)Cc2ccc(-c3ccncc3Cl)cc2)c2ccc(-c3nn[nH]n3)cc2)CC1.O=C(O)C(F)(F)F. The smallest absolute Gasteiger partial charge is 0.475 e. The number of tetrazole rings is 1. The molecule has 2 aromatic carbocycles. The molecule has 54 heavy (non-hydrogen) atoms. The van der Waals surface area contributed by atoms with E-state index >= 15 is 0 Å². The van der Waals surface area contributed by atoms with Crippen molar-refractivity contribution in [3.63, 3.8) is 0 Å². The van der Waals surface area contributed by atoms with Crippen molar-refractivity contribution in [3.05, 3.63) is 77.6 Å². The number of carbonyl (C=O) groups excluding carboxylic acids is 3. The Hall–Kier alpha value is -5.42.